The fraction of sp³-hybridized carbons (Fsp3) is 0.235. The largest absolute Gasteiger partial charge is 0.494 e. The average Bonchev–Trinajstić information content (AvgIpc) is 2.52. The molecule has 0 unspecified atom stereocenters. The zero-order valence-corrected chi connectivity index (χ0v) is 11.3. The van der Waals surface area contributed by atoms with Gasteiger partial charge < -0.3 is 14.3 Å². The summed E-state index contributed by atoms with van der Waals surface area (Å²) in [5.74, 6) is 1.61. The van der Waals surface area contributed by atoms with Crippen LogP contribution in [0.1, 0.15) is 18.4 Å². The summed E-state index contributed by atoms with van der Waals surface area (Å²) in [6.07, 6.45) is 2.19. The highest BCUT2D eigenvalue weighted by atomic mass is 16.5. The first-order chi connectivity index (χ1) is 9.88. The Balaban J connectivity index is 1.78. The molecule has 0 aliphatic rings. The molecule has 2 aromatic carbocycles. The number of rotatable bonds is 8. The lowest BCUT2D eigenvalue weighted by molar-refractivity contribution is -0.108. The van der Waals surface area contributed by atoms with Gasteiger partial charge in [-0.3, -0.25) is 0 Å². The molecule has 3 heteroatoms. The molecule has 3 nitrogen and oxygen atoms in total. The number of carbonyl (C=O) groups excluding carboxylic acids is 1. The molecular weight excluding hydrogens is 252 g/mol. The van der Waals surface area contributed by atoms with Gasteiger partial charge in [0.05, 0.1) is 6.61 Å². The van der Waals surface area contributed by atoms with E-state index in [9.17, 15) is 4.79 Å². The zero-order chi connectivity index (χ0) is 14.0. The third-order valence-electron chi connectivity index (χ3n) is 2.81. The maximum atomic E-state index is 10.2. The van der Waals surface area contributed by atoms with E-state index in [1.807, 2.05) is 54.6 Å². The van der Waals surface area contributed by atoms with Crippen LogP contribution in [0.4, 0.5) is 0 Å². The highest BCUT2D eigenvalue weighted by Crippen LogP contribution is 2.18. The summed E-state index contributed by atoms with van der Waals surface area (Å²) in [5.41, 5.74) is 1.14. The fourth-order valence-corrected chi connectivity index (χ4v) is 1.73. The van der Waals surface area contributed by atoms with Crippen LogP contribution in [0.5, 0.6) is 11.5 Å². The first-order valence-corrected chi connectivity index (χ1v) is 6.72. The van der Waals surface area contributed by atoms with Crippen molar-refractivity contribution in [3.05, 3.63) is 60.2 Å². The Hall–Kier alpha value is -2.29. The van der Waals surface area contributed by atoms with Gasteiger partial charge in [-0.05, 0) is 36.2 Å². The lowest BCUT2D eigenvalue weighted by Crippen LogP contribution is -1.98. The van der Waals surface area contributed by atoms with E-state index < -0.39 is 0 Å². The number of aldehydes is 1. The van der Waals surface area contributed by atoms with Crippen LogP contribution < -0.4 is 9.47 Å². The van der Waals surface area contributed by atoms with E-state index >= 15 is 0 Å². The molecule has 0 radical (unpaired) electrons. The Morgan fingerprint density at radius 1 is 0.850 bits per heavy atom. The third kappa shape index (κ3) is 4.76. The number of hydrogen-bond acceptors (Lipinski definition) is 3. The van der Waals surface area contributed by atoms with Gasteiger partial charge in [0.2, 0.25) is 0 Å². The standard InChI is InChI=1S/C17H18O3/c18-12-4-5-13-19-16-8-10-17(11-9-16)20-14-15-6-2-1-3-7-15/h1-3,6-12H,4-5,13-14H2. The average molecular weight is 270 g/mol. The quantitative estimate of drug-likeness (QED) is 0.543. The molecule has 0 heterocycles. The first-order valence-electron chi connectivity index (χ1n) is 6.72. The van der Waals surface area contributed by atoms with Gasteiger partial charge in [0, 0.05) is 6.42 Å². The smallest absolute Gasteiger partial charge is 0.120 e. The monoisotopic (exact) mass is 270 g/mol. The third-order valence-corrected chi connectivity index (χ3v) is 2.81. The van der Waals surface area contributed by atoms with Crippen molar-refractivity contribution in [2.24, 2.45) is 0 Å². The topological polar surface area (TPSA) is 35.5 Å². The summed E-state index contributed by atoms with van der Waals surface area (Å²) in [6, 6.07) is 17.6. The number of unbranched alkanes of at least 4 members (excludes halogenated alkanes) is 1. The molecule has 0 aliphatic heterocycles. The van der Waals surface area contributed by atoms with E-state index in [4.69, 9.17) is 9.47 Å². The van der Waals surface area contributed by atoms with Crippen LogP contribution in [0.3, 0.4) is 0 Å². The molecule has 0 N–H and O–H groups in total. The van der Waals surface area contributed by atoms with Crippen LogP contribution in [0.15, 0.2) is 54.6 Å². The van der Waals surface area contributed by atoms with Gasteiger partial charge in [-0.15, -0.1) is 0 Å². The van der Waals surface area contributed by atoms with E-state index in [2.05, 4.69) is 0 Å². The molecule has 0 bridgehead atoms. The molecule has 0 aromatic heterocycles. The minimum atomic E-state index is 0.540. The maximum Gasteiger partial charge on any atom is 0.120 e. The zero-order valence-electron chi connectivity index (χ0n) is 11.3. The van der Waals surface area contributed by atoms with Crippen LogP contribution in [0.25, 0.3) is 0 Å². The Morgan fingerprint density at radius 3 is 2.15 bits per heavy atom. The van der Waals surface area contributed by atoms with Crippen LogP contribution >= 0.6 is 0 Å². The fourth-order valence-electron chi connectivity index (χ4n) is 1.73. The summed E-state index contributed by atoms with van der Waals surface area (Å²) < 4.78 is 11.2. The van der Waals surface area contributed by atoms with E-state index in [1.54, 1.807) is 0 Å². The summed E-state index contributed by atoms with van der Waals surface area (Å²) in [6.45, 7) is 1.11. The molecule has 0 saturated heterocycles. The molecule has 20 heavy (non-hydrogen) atoms. The summed E-state index contributed by atoms with van der Waals surface area (Å²) in [7, 11) is 0. The summed E-state index contributed by atoms with van der Waals surface area (Å²) in [5, 5.41) is 0. The van der Waals surface area contributed by atoms with Crippen LogP contribution in [0, 0.1) is 0 Å². The van der Waals surface area contributed by atoms with E-state index in [0.29, 0.717) is 19.6 Å². The molecule has 2 rings (SSSR count). The van der Waals surface area contributed by atoms with Crippen molar-refractivity contribution in [3.63, 3.8) is 0 Å². The second kappa shape index (κ2) is 8.00. The molecular formula is C17H18O3. The first kappa shape index (κ1) is 14.1. The number of ether oxygens (including phenoxy) is 2. The van der Waals surface area contributed by atoms with Gasteiger partial charge in [-0.1, -0.05) is 30.3 Å². The van der Waals surface area contributed by atoms with Gasteiger partial charge in [-0.2, -0.15) is 0 Å². The van der Waals surface area contributed by atoms with Gasteiger partial charge in [0.25, 0.3) is 0 Å². The van der Waals surface area contributed by atoms with Crippen molar-refractivity contribution >= 4 is 6.29 Å². The van der Waals surface area contributed by atoms with Crippen molar-refractivity contribution < 1.29 is 14.3 Å². The molecule has 0 amide bonds. The van der Waals surface area contributed by atoms with Gasteiger partial charge in [0.1, 0.15) is 24.4 Å². The Morgan fingerprint density at radius 2 is 1.50 bits per heavy atom. The minimum absolute atomic E-state index is 0.540. The van der Waals surface area contributed by atoms with Crippen molar-refractivity contribution in [3.8, 4) is 11.5 Å². The van der Waals surface area contributed by atoms with Gasteiger partial charge in [-0.25, -0.2) is 0 Å². The summed E-state index contributed by atoms with van der Waals surface area (Å²) >= 11 is 0. The van der Waals surface area contributed by atoms with Crippen molar-refractivity contribution in [2.75, 3.05) is 6.61 Å². The van der Waals surface area contributed by atoms with Crippen LogP contribution in [-0.4, -0.2) is 12.9 Å². The van der Waals surface area contributed by atoms with Crippen LogP contribution in [-0.2, 0) is 11.4 Å². The Labute approximate surface area is 119 Å². The van der Waals surface area contributed by atoms with E-state index in [0.717, 1.165) is 29.8 Å². The molecule has 0 saturated carbocycles. The number of hydrogen-bond donors (Lipinski definition) is 0. The predicted molar refractivity (Wildman–Crippen MR) is 78.0 cm³/mol. The van der Waals surface area contributed by atoms with E-state index in [1.165, 1.54) is 0 Å². The molecule has 104 valence electrons. The lowest BCUT2D eigenvalue weighted by Gasteiger charge is -2.08. The highest BCUT2D eigenvalue weighted by Gasteiger charge is 1.97. The molecule has 0 atom stereocenters. The van der Waals surface area contributed by atoms with Gasteiger partial charge in [0.15, 0.2) is 0 Å². The van der Waals surface area contributed by atoms with E-state index in [-0.39, 0.29) is 0 Å². The molecule has 0 fully saturated rings. The Bertz CT molecular complexity index is 506. The highest BCUT2D eigenvalue weighted by molar-refractivity contribution is 5.49. The molecule has 0 spiro atoms. The Kier molecular flexibility index (Phi) is 5.65. The normalized spacial score (nSPS) is 10.0. The SMILES string of the molecule is O=CCCCOc1ccc(OCc2ccccc2)cc1. The second-order valence-electron chi connectivity index (χ2n) is 4.40. The predicted octanol–water partition coefficient (Wildman–Crippen LogP) is 3.62. The summed E-state index contributed by atoms with van der Waals surface area (Å²) in [4.78, 5) is 10.2. The van der Waals surface area contributed by atoms with Crippen molar-refractivity contribution in [1.29, 1.82) is 0 Å². The molecule has 0 aliphatic carbocycles. The lowest BCUT2D eigenvalue weighted by atomic mass is 10.2. The number of benzene rings is 2. The maximum absolute atomic E-state index is 10.2. The van der Waals surface area contributed by atoms with Crippen molar-refractivity contribution in [2.45, 2.75) is 19.4 Å². The minimum Gasteiger partial charge on any atom is -0.494 e. The van der Waals surface area contributed by atoms with Crippen molar-refractivity contribution in [1.82, 2.24) is 0 Å². The number of carbonyl (C=O) groups is 1. The van der Waals surface area contributed by atoms with Gasteiger partial charge >= 0.3 is 0 Å². The van der Waals surface area contributed by atoms with Crippen LogP contribution in [0.2, 0.25) is 0 Å². The molecule has 2 aromatic rings. The second-order valence-corrected chi connectivity index (χ2v) is 4.40.